The number of carbonyl (C=O) groups is 1. The minimum Gasteiger partial charge on any atom is -0.344 e. The second-order valence-corrected chi connectivity index (χ2v) is 6.57. The van der Waals surface area contributed by atoms with Gasteiger partial charge in [0.05, 0.1) is 6.04 Å². The van der Waals surface area contributed by atoms with E-state index in [1.165, 1.54) is 12.3 Å². The van der Waals surface area contributed by atoms with Crippen molar-refractivity contribution >= 4 is 17.2 Å². The first-order valence-electron chi connectivity index (χ1n) is 7.71. The van der Waals surface area contributed by atoms with Crippen molar-refractivity contribution in [2.45, 2.75) is 19.4 Å². The fourth-order valence-corrected chi connectivity index (χ4v) is 3.61. The highest BCUT2D eigenvalue weighted by molar-refractivity contribution is 7.10. The summed E-state index contributed by atoms with van der Waals surface area (Å²) in [5, 5.41) is 5.10. The molecule has 24 heavy (non-hydrogen) atoms. The molecule has 3 rings (SSSR count). The minimum absolute atomic E-state index is 0.126. The van der Waals surface area contributed by atoms with Crippen molar-refractivity contribution in [2.24, 2.45) is 0 Å². The predicted octanol–water partition coefficient (Wildman–Crippen LogP) is 3.46. The molecule has 122 valence electrons. The molecule has 0 fully saturated rings. The van der Waals surface area contributed by atoms with Crippen molar-refractivity contribution in [3.05, 3.63) is 92.0 Å². The van der Waals surface area contributed by atoms with Gasteiger partial charge in [0.2, 0.25) is 5.56 Å². The number of amides is 1. The second-order valence-electron chi connectivity index (χ2n) is 5.63. The van der Waals surface area contributed by atoms with Crippen LogP contribution in [0.15, 0.2) is 64.9 Å². The van der Waals surface area contributed by atoms with Crippen LogP contribution in [0, 0.1) is 6.92 Å². The summed E-state index contributed by atoms with van der Waals surface area (Å²) in [5.41, 5.74) is 2.40. The lowest BCUT2D eigenvalue weighted by Crippen LogP contribution is -2.30. The van der Waals surface area contributed by atoms with Gasteiger partial charge >= 0.3 is 0 Å². The van der Waals surface area contributed by atoms with E-state index >= 15 is 0 Å². The fraction of sp³-hybridized carbons (Fsp3) is 0.158. The van der Waals surface area contributed by atoms with Crippen LogP contribution < -0.4 is 10.9 Å². The Morgan fingerprint density at radius 3 is 2.67 bits per heavy atom. The predicted molar refractivity (Wildman–Crippen MR) is 96.5 cm³/mol. The summed E-state index contributed by atoms with van der Waals surface area (Å²) < 4.78 is 0. The molecule has 2 N–H and O–H groups in total. The van der Waals surface area contributed by atoms with Gasteiger partial charge in [0, 0.05) is 22.7 Å². The Morgan fingerprint density at radius 1 is 1.21 bits per heavy atom. The van der Waals surface area contributed by atoms with Gasteiger partial charge in [0.25, 0.3) is 5.91 Å². The molecule has 0 aliphatic rings. The van der Waals surface area contributed by atoms with E-state index in [0.29, 0.717) is 12.0 Å². The molecule has 5 heteroatoms. The van der Waals surface area contributed by atoms with Gasteiger partial charge < -0.3 is 10.3 Å². The molecular weight excluding hydrogens is 320 g/mol. The third-order valence-electron chi connectivity index (χ3n) is 3.84. The SMILES string of the molecule is Cc1ccsc1[C@@H](Cc1ccccc1)NC(=O)c1cc[nH]c(=O)c1. The van der Waals surface area contributed by atoms with E-state index < -0.39 is 0 Å². The number of nitrogens with one attached hydrogen (secondary N) is 2. The number of rotatable bonds is 5. The van der Waals surface area contributed by atoms with E-state index in [9.17, 15) is 9.59 Å². The summed E-state index contributed by atoms with van der Waals surface area (Å²) in [6.45, 7) is 2.04. The van der Waals surface area contributed by atoms with Crippen LogP contribution in [-0.2, 0) is 6.42 Å². The number of pyridine rings is 1. The Labute approximate surface area is 144 Å². The highest BCUT2D eigenvalue weighted by atomic mass is 32.1. The largest absolute Gasteiger partial charge is 0.344 e. The zero-order valence-electron chi connectivity index (χ0n) is 13.3. The molecular formula is C19H18N2O2S. The zero-order valence-corrected chi connectivity index (χ0v) is 14.1. The number of H-pyrrole nitrogens is 1. The Bertz CT molecular complexity index is 883. The standard InChI is InChI=1S/C19H18N2O2S/c1-13-8-10-24-18(13)16(11-14-5-3-2-4-6-14)21-19(23)15-7-9-20-17(22)12-15/h2-10,12,16H,11H2,1H3,(H,20,22)(H,21,23)/t16-/m1/s1. The van der Waals surface area contributed by atoms with Crippen molar-refractivity contribution in [1.82, 2.24) is 10.3 Å². The molecule has 1 aromatic carbocycles. The summed E-state index contributed by atoms with van der Waals surface area (Å²) in [6.07, 6.45) is 2.19. The lowest BCUT2D eigenvalue weighted by atomic mass is 10.0. The molecule has 2 heterocycles. The van der Waals surface area contributed by atoms with Crippen molar-refractivity contribution in [2.75, 3.05) is 0 Å². The normalized spacial score (nSPS) is 11.9. The number of aryl methyl sites for hydroxylation is 1. The van der Waals surface area contributed by atoms with Gasteiger partial charge in [-0.25, -0.2) is 0 Å². The number of aromatic nitrogens is 1. The Balaban J connectivity index is 1.86. The van der Waals surface area contributed by atoms with Crippen LogP contribution in [0.5, 0.6) is 0 Å². The third-order valence-corrected chi connectivity index (χ3v) is 4.98. The van der Waals surface area contributed by atoms with Crippen molar-refractivity contribution in [3.8, 4) is 0 Å². The Hall–Kier alpha value is -2.66. The zero-order chi connectivity index (χ0) is 16.9. The first-order valence-corrected chi connectivity index (χ1v) is 8.59. The highest BCUT2D eigenvalue weighted by Crippen LogP contribution is 2.27. The Kier molecular flexibility index (Phi) is 4.91. The van der Waals surface area contributed by atoms with Gasteiger partial charge in [-0.15, -0.1) is 11.3 Å². The molecule has 1 amide bonds. The lowest BCUT2D eigenvalue weighted by Gasteiger charge is -2.19. The van der Waals surface area contributed by atoms with Gasteiger partial charge in [-0.3, -0.25) is 9.59 Å². The molecule has 1 atom stereocenters. The van der Waals surface area contributed by atoms with E-state index in [1.807, 2.05) is 30.5 Å². The number of hydrogen-bond donors (Lipinski definition) is 2. The molecule has 0 radical (unpaired) electrons. The van der Waals surface area contributed by atoms with E-state index in [0.717, 1.165) is 16.0 Å². The maximum Gasteiger partial charge on any atom is 0.252 e. The van der Waals surface area contributed by atoms with Crippen molar-refractivity contribution < 1.29 is 4.79 Å². The average molecular weight is 338 g/mol. The third kappa shape index (κ3) is 3.81. The summed E-state index contributed by atoms with van der Waals surface area (Å²) in [7, 11) is 0. The van der Waals surface area contributed by atoms with E-state index in [-0.39, 0.29) is 17.5 Å². The minimum atomic E-state index is -0.283. The van der Waals surface area contributed by atoms with E-state index in [1.54, 1.807) is 17.4 Å². The topological polar surface area (TPSA) is 62.0 Å². The average Bonchev–Trinajstić information content (AvgIpc) is 3.01. The molecule has 0 bridgehead atoms. The van der Waals surface area contributed by atoms with Crippen LogP contribution in [-0.4, -0.2) is 10.9 Å². The first kappa shape index (κ1) is 16.2. The smallest absolute Gasteiger partial charge is 0.252 e. The second kappa shape index (κ2) is 7.27. The number of thiophene rings is 1. The number of carbonyl (C=O) groups excluding carboxylic acids is 1. The van der Waals surface area contributed by atoms with Gasteiger partial charge in [-0.05, 0) is 42.0 Å². The van der Waals surface area contributed by atoms with Gasteiger partial charge in [-0.1, -0.05) is 30.3 Å². The molecule has 0 unspecified atom stereocenters. The van der Waals surface area contributed by atoms with Crippen LogP contribution in [0.2, 0.25) is 0 Å². The van der Waals surface area contributed by atoms with Crippen LogP contribution in [0.25, 0.3) is 0 Å². The number of aromatic amines is 1. The maximum absolute atomic E-state index is 12.5. The van der Waals surface area contributed by atoms with E-state index in [2.05, 4.69) is 28.5 Å². The molecule has 0 spiro atoms. The molecule has 0 aliphatic heterocycles. The summed E-state index contributed by atoms with van der Waals surface area (Å²) in [6, 6.07) is 14.9. The van der Waals surface area contributed by atoms with Crippen LogP contribution in [0.3, 0.4) is 0 Å². The molecule has 2 aromatic heterocycles. The summed E-state index contributed by atoms with van der Waals surface area (Å²) >= 11 is 1.63. The Morgan fingerprint density at radius 2 is 2.00 bits per heavy atom. The quantitative estimate of drug-likeness (QED) is 0.748. The molecule has 4 nitrogen and oxygen atoms in total. The fourth-order valence-electron chi connectivity index (χ4n) is 2.63. The van der Waals surface area contributed by atoms with Crippen LogP contribution >= 0.6 is 11.3 Å². The highest BCUT2D eigenvalue weighted by Gasteiger charge is 2.19. The molecule has 0 saturated carbocycles. The van der Waals surface area contributed by atoms with Crippen LogP contribution in [0.1, 0.15) is 32.4 Å². The molecule has 0 aliphatic carbocycles. The van der Waals surface area contributed by atoms with Gasteiger partial charge in [0.15, 0.2) is 0 Å². The first-order chi connectivity index (χ1) is 11.6. The lowest BCUT2D eigenvalue weighted by molar-refractivity contribution is 0.0937. The summed E-state index contributed by atoms with van der Waals surface area (Å²) in [4.78, 5) is 27.6. The molecule has 3 aromatic rings. The van der Waals surface area contributed by atoms with Gasteiger partial charge in [0.1, 0.15) is 0 Å². The maximum atomic E-state index is 12.5. The van der Waals surface area contributed by atoms with Crippen molar-refractivity contribution in [1.29, 1.82) is 0 Å². The van der Waals surface area contributed by atoms with Gasteiger partial charge in [-0.2, -0.15) is 0 Å². The number of hydrogen-bond acceptors (Lipinski definition) is 3. The summed E-state index contributed by atoms with van der Waals surface area (Å²) in [5.74, 6) is -0.241. The van der Waals surface area contributed by atoms with E-state index in [4.69, 9.17) is 0 Å². The molecule has 0 saturated heterocycles. The number of benzene rings is 1. The van der Waals surface area contributed by atoms with Crippen LogP contribution in [0.4, 0.5) is 0 Å². The monoisotopic (exact) mass is 338 g/mol. The van der Waals surface area contributed by atoms with Crippen molar-refractivity contribution in [3.63, 3.8) is 0 Å².